The molecule has 0 unspecified atom stereocenters. The van der Waals surface area contributed by atoms with Crippen molar-refractivity contribution in [3.63, 3.8) is 0 Å². The molecular weight excluding hydrogens is 295 g/mol. The Bertz CT molecular complexity index is 192. The summed E-state index contributed by atoms with van der Waals surface area (Å²) in [5.41, 5.74) is 0. The first-order chi connectivity index (χ1) is 6.69. The van der Waals surface area contributed by atoms with Gasteiger partial charge in [-0.25, -0.2) is 0 Å². The predicted octanol–water partition coefficient (Wildman–Crippen LogP) is 2.14. The van der Waals surface area contributed by atoms with Gasteiger partial charge >= 0.3 is 0 Å². The van der Waals surface area contributed by atoms with Gasteiger partial charge in [0.25, 0.3) is 0 Å². The molecular formula is C10H17IO3. The van der Waals surface area contributed by atoms with Crippen molar-refractivity contribution in [1.29, 1.82) is 0 Å². The standard InChI is InChI=1S/C10H17IO3/c1-4-8-5-10(12-2,13-3)6-9(7-11)14-8/h4,8-9H,1,5-7H2,2-3H3/t8-,9-/m0/s1. The number of rotatable bonds is 4. The largest absolute Gasteiger partial charge is 0.370 e. The molecule has 1 saturated heterocycles. The molecule has 0 aliphatic carbocycles. The van der Waals surface area contributed by atoms with Crippen molar-refractivity contribution < 1.29 is 14.2 Å². The monoisotopic (exact) mass is 312 g/mol. The fraction of sp³-hybridized carbons (Fsp3) is 0.800. The number of alkyl halides is 1. The summed E-state index contributed by atoms with van der Waals surface area (Å²) in [7, 11) is 3.36. The minimum absolute atomic E-state index is 0.0309. The smallest absolute Gasteiger partial charge is 0.172 e. The molecule has 1 rings (SSSR count). The molecule has 0 aromatic rings. The second-order valence-corrected chi connectivity index (χ2v) is 4.29. The van der Waals surface area contributed by atoms with Gasteiger partial charge < -0.3 is 14.2 Å². The summed E-state index contributed by atoms with van der Waals surface area (Å²) in [6.07, 6.45) is 3.53. The van der Waals surface area contributed by atoms with Crippen molar-refractivity contribution in [3.05, 3.63) is 12.7 Å². The van der Waals surface area contributed by atoms with Crippen LogP contribution in [-0.4, -0.2) is 36.6 Å². The third-order valence-electron chi connectivity index (χ3n) is 2.60. The third-order valence-corrected chi connectivity index (χ3v) is 3.58. The van der Waals surface area contributed by atoms with Crippen molar-refractivity contribution >= 4 is 22.6 Å². The van der Waals surface area contributed by atoms with E-state index < -0.39 is 5.79 Å². The van der Waals surface area contributed by atoms with Crippen LogP contribution in [0.3, 0.4) is 0 Å². The van der Waals surface area contributed by atoms with Crippen molar-refractivity contribution in [3.8, 4) is 0 Å². The minimum Gasteiger partial charge on any atom is -0.370 e. The van der Waals surface area contributed by atoms with Gasteiger partial charge in [0, 0.05) is 31.5 Å². The Morgan fingerprint density at radius 2 is 2.14 bits per heavy atom. The van der Waals surface area contributed by atoms with Crippen molar-refractivity contribution in [1.82, 2.24) is 0 Å². The Morgan fingerprint density at radius 3 is 2.57 bits per heavy atom. The number of methoxy groups -OCH3 is 2. The van der Waals surface area contributed by atoms with Crippen LogP contribution in [0, 0.1) is 0 Å². The first kappa shape index (κ1) is 12.4. The molecule has 2 atom stereocenters. The maximum atomic E-state index is 5.76. The van der Waals surface area contributed by atoms with Crippen LogP contribution in [0.15, 0.2) is 12.7 Å². The van der Waals surface area contributed by atoms with E-state index in [1.54, 1.807) is 14.2 Å². The summed E-state index contributed by atoms with van der Waals surface area (Å²) in [4.78, 5) is 0. The molecule has 1 fully saturated rings. The lowest BCUT2D eigenvalue weighted by Crippen LogP contribution is -2.47. The van der Waals surface area contributed by atoms with E-state index in [4.69, 9.17) is 14.2 Å². The zero-order valence-corrected chi connectivity index (χ0v) is 10.8. The molecule has 14 heavy (non-hydrogen) atoms. The van der Waals surface area contributed by atoms with E-state index in [2.05, 4.69) is 29.2 Å². The molecule has 1 aliphatic heterocycles. The quantitative estimate of drug-likeness (QED) is 0.344. The van der Waals surface area contributed by atoms with E-state index >= 15 is 0 Å². The van der Waals surface area contributed by atoms with Gasteiger partial charge in [0.15, 0.2) is 5.79 Å². The van der Waals surface area contributed by atoms with Crippen LogP contribution in [0.2, 0.25) is 0 Å². The van der Waals surface area contributed by atoms with Crippen molar-refractivity contribution in [2.75, 3.05) is 18.6 Å². The number of halogens is 1. The molecule has 0 aromatic carbocycles. The van der Waals surface area contributed by atoms with Crippen molar-refractivity contribution in [2.24, 2.45) is 0 Å². The number of ether oxygens (including phenoxy) is 3. The van der Waals surface area contributed by atoms with Crippen LogP contribution in [0.1, 0.15) is 12.8 Å². The van der Waals surface area contributed by atoms with Crippen LogP contribution in [-0.2, 0) is 14.2 Å². The summed E-state index contributed by atoms with van der Waals surface area (Å²) in [6.45, 7) is 3.75. The third kappa shape index (κ3) is 2.68. The highest BCUT2D eigenvalue weighted by atomic mass is 127. The van der Waals surface area contributed by atoms with Crippen LogP contribution in [0.5, 0.6) is 0 Å². The molecule has 1 aliphatic rings. The molecule has 82 valence electrons. The summed E-state index contributed by atoms with van der Waals surface area (Å²) in [5, 5.41) is 0. The lowest BCUT2D eigenvalue weighted by atomic mass is 9.97. The lowest BCUT2D eigenvalue weighted by molar-refractivity contribution is -0.263. The Balaban J connectivity index is 2.71. The maximum Gasteiger partial charge on any atom is 0.172 e. The number of hydrogen-bond acceptors (Lipinski definition) is 3. The van der Waals surface area contributed by atoms with E-state index in [1.807, 2.05) is 6.08 Å². The van der Waals surface area contributed by atoms with Crippen LogP contribution >= 0.6 is 22.6 Å². The SMILES string of the molecule is C=C[C@H]1CC(OC)(OC)C[C@@H](CI)O1. The highest BCUT2D eigenvalue weighted by Crippen LogP contribution is 2.33. The van der Waals surface area contributed by atoms with Gasteiger partial charge in [-0.2, -0.15) is 0 Å². The molecule has 0 N–H and O–H groups in total. The Hall–Kier alpha value is 0.350. The van der Waals surface area contributed by atoms with Crippen LogP contribution in [0.4, 0.5) is 0 Å². The first-order valence-corrected chi connectivity index (χ1v) is 6.16. The fourth-order valence-electron chi connectivity index (χ4n) is 1.73. The van der Waals surface area contributed by atoms with Crippen molar-refractivity contribution in [2.45, 2.75) is 30.8 Å². The predicted molar refractivity (Wildman–Crippen MR) is 63.7 cm³/mol. The highest BCUT2D eigenvalue weighted by molar-refractivity contribution is 14.1. The lowest BCUT2D eigenvalue weighted by Gasteiger charge is -2.41. The zero-order valence-electron chi connectivity index (χ0n) is 8.66. The molecule has 0 bridgehead atoms. The molecule has 0 amide bonds. The molecule has 0 spiro atoms. The van der Waals surface area contributed by atoms with Gasteiger partial charge in [-0.05, 0) is 0 Å². The minimum atomic E-state index is -0.493. The zero-order chi connectivity index (χ0) is 10.6. The average molecular weight is 312 g/mol. The summed E-state index contributed by atoms with van der Waals surface area (Å²) >= 11 is 2.31. The second-order valence-electron chi connectivity index (χ2n) is 3.41. The average Bonchev–Trinajstić information content (AvgIpc) is 2.28. The molecule has 3 nitrogen and oxygen atoms in total. The van der Waals surface area contributed by atoms with Gasteiger partial charge in [0.05, 0.1) is 12.2 Å². The topological polar surface area (TPSA) is 27.7 Å². The Morgan fingerprint density at radius 1 is 1.50 bits per heavy atom. The molecule has 0 radical (unpaired) electrons. The van der Waals surface area contributed by atoms with Gasteiger partial charge in [-0.3, -0.25) is 0 Å². The first-order valence-electron chi connectivity index (χ1n) is 4.64. The summed E-state index contributed by atoms with van der Waals surface area (Å²) in [5.74, 6) is -0.493. The second kappa shape index (κ2) is 5.44. The fourth-order valence-corrected chi connectivity index (χ4v) is 2.25. The molecule has 1 heterocycles. The normalized spacial score (nSPS) is 31.4. The molecule has 4 heteroatoms. The summed E-state index contributed by atoms with van der Waals surface area (Å²) in [6, 6.07) is 0. The van der Waals surface area contributed by atoms with E-state index in [-0.39, 0.29) is 12.2 Å². The molecule has 0 saturated carbocycles. The Labute approximate surface area is 98.9 Å². The van der Waals surface area contributed by atoms with E-state index in [0.29, 0.717) is 0 Å². The number of hydrogen-bond donors (Lipinski definition) is 0. The van der Waals surface area contributed by atoms with Gasteiger partial charge in [0.2, 0.25) is 0 Å². The Kier molecular flexibility index (Phi) is 4.82. The van der Waals surface area contributed by atoms with Gasteiger partial charge in [-0.15, -0.1) is 6.58 Å². The molecule has 0 aromatic heterocycles. The van der Waals surface area contributed by atoms with Gasteiger partial charge in [-0.1, -0.05) is 28.7 Å². The maximum absolute atomic E-state index is 5.76. The highest BCUT2D eigenvalue weighted by Gasteiger charge is 2.40. The van der Waals surface area contributed by atoms with E-state index in [9.17, 15) is 0 Å². The van der Waals surface area contributed by atoms with E-state index in [0.717, 1.165) is 17.3 Å². The van der Waals surface area contributed by atoms with E-state index in [1.165, 1.54) is 0 Å². The van der Waals surface area contributed by atoms with Gasteiger partial charge in [0.1, 0.15) is 0 Å². The van der Waals surface area contributed by atoms with Crippen LogP contribution < -0.4 is 0 Å². The summed E-state index contributed by atoms with van der Waals surface area (Å²) < 4.78 is 17.6. The van der Waals surface area contributed by atoms with Crippen LogP contribution in [0.25, 0.3) is 0 Å².